The van der Waals surface area contributed by atoms with Gasteiger partial charge in [0.2, 0.25) is 11.8 Å². The number of nitrogen functional groups attached to an aromatic ring is 1. The lowest BCUT2D eigenvalue weighted by atomic mass is 9.95. The van der Waals surface area contributed by atoms with Crippen molar-refractivity contribution in [3.8, 4) is 11.5 Å². The second kappa shape index (κ2) is 14.7. The number of fused-ring (bicyclic) bond motifs is 1. The Kier molecular flexibility index (Phi) is 9.37. The van der Waals surface area contributed by atoms with Crippen LogP contribution in [0, 0.1) is 11.2 Å². The van der Waals surface area contributed by atoms with E-state index in [0.29, 0.717) is 46.1 Å². The number of amides is 4. The quantitative estimate of drug-likeness (QED) is 0.136. The van der Waals surface area contributed by atoms with Crippen LogP contribution in [0.1, 0.15) is 57.5 Å². The standard InChI is InChI=1S/C41H41FN10O5/c42-24-3-8-30(9-4-24)57-29-6-1-23(2-7-29)36(43)35-37(44)45-22-46-38(35)47-25-13-15-49(16-14-25)27-18-51(19-27)28-20-50(21-28)26-5-10-31-32(17-26)41(56)52(40(31)55)33-11-12-34(53)48-39(33)54/h1-10,17,22,25,27-28,33,43H,11-16,18-21H2,(H,48,53,54)(H3,44,45,46,47). The molecule has 4 saturated heterocycles. The first kappa shape index (κ1) is 36.4. The Bertz CT molecular complexity index is 2270. The molecule has 4 aromatic rings. The summed E-state index contributed by atoms with van der Waals surface area (Å²) in [4.78, 5) is 67.3. The van der Waals surface area contributed by atoms with Crippen molar-refractivity contribution in [3.63, 3.8) is 0 Å². The van der Waals surface area contributed by atoms with Crippen LogP contribution in [-0.4, -0.2) is 117 Å². The van der Waals surface area contributed by atoms with E-state index in [-0.39, 0.29) is 41.8 Å². The Hall–Kier alpha value is -6.26. The summed E-state index contributed by atoms with van der Waals surface area (Å²) in [6.45, 7) is 5.51. The molecule has 57 heavy (non-hydrogen) atoms. The van der Waals surface area contributed by atoms with Crippen molar-refractivity contribution >= 4 is 46.7 Å². The first-order chi connectivity index (χ1) is 27.6. The largest absolute Gasteiger partial charge is 0.457 e. The molecule has 4 amide bonds. The molecule has 5 aliphatic rings. The molecule has 1 atom stereocenters. The first-order valence-electron chi connectivity index (χ1n) is 19.2. The van der Waals surface area contributed by atoms with Crippen LogP contribution in [0.3, 0.4) is 0 Å². The summed E-state index contributed by atoms with van der Waals surface area (Å²) in [5.74, 6) is -0.516. The Morgan fingerprint density at radius 2 is 1.49 bits per heavy atom. The highest BCUT2D eigenvalue weighted by Crippen LogP contribution is 2.34. The van der Waals surface area contributed by atoms with E-state index < -0.39 is 29.7 Å². The molecule has 1 unspecified atom stereocenters. The molecule has 6 heterocycles. The Morgan fingerprint density at radius 1 is 0.825 bits per heavy atom. The van der Waals surface area contributed by atoms with Crippen molar-refractivity contribution in [1.82, 2.24) is 30.0 Å². The van der Waals surface area contributed by atoms with Crippen molar-refractivity contribution < 1.29 is 28.3 Å². The van der Waals surface area contributed by atoms with Gasteiger partial charge in [-0.25, -0.2) is 14.4 Å². The highest BCUT2D eigenvalue weighted by Gasteiger charge is 2.46. The molecule has 3 aromatic carbocycles. The van der Waals surface area contributed by atoms with Gasteiger partial charge in [-0.3, -0.25) is 44.6 Å². The average Bonchev–Trinajstić information content (AvgIpc) is 3.41. The highest BCUT2D eigenvalue weighted by atomic mass is 19.1. The molecule has 5 N–H and O–H groups in total. The normalized spacial score (nSPS) is 20.9. The molecule has 1 aromatic heterocycles. The van der Waals surface area contributed by atoms with E-state index in [2.05, 4.69) is 35.3 Å². The van der Waals surface area contributed by atoms with Crippen LogP contribution in [0.15, 0.2) is 73.1 Å². The number of piperidine rings is 2. The van der Waals surface area contributed by atoms with E-state index >= 15 is 0 Å². The Morgan fingerprint density at radius 3 is 2.19 bits per heavy atom. The van der Waals surface area contributed by atoms with Gasteiger partial charge < -0.3 is 20.7 Å². The maximum atomic E-state index is 13.3. The molecule has 0 aliphatic carbocycles. The fourth-order valence-electron chi connectivity index (χ4n) is 8.40. The number of nitrogens with zero attached hydrogens (tertiary/aromatic N) is 6. The number of halogens is 1. The summed E-state index contributed by atoms with van der Waals surface area (Å²) in [6, 6.07) is 18.2. The summed E-state index contributed by atoms with van der Waals surface area (Å²) < 4.78 is 19.1. The molecule has 16 heteroatoms. The number of rotatable bonds is 10. The van der Waals surface area contributed by atoms with Crippen molar-refractivity contribution in [3.05, 3.63) is 101 Å². The Balaban J connectivity index is 0.744. The van der Waals surface area contributed by atoms with Gasteiger partial charge in [0, 0.05) is 75.1 Å². The third kappa shape index (κ3) is 6.95. The molecule has 0 bridgehead atoms. The smallest absolute Gasteiger partial charge is 0.262 e. The second-order valence-corrected chi connectivity index (χ2v) is 15.2. The number of nitrogens with two attached hydrogens (primary N) is 1. The minimum atomic E-state index is -0.978. The number of aromatic nitrogens is 2. The van der Waals surface area contributed by atoms with Crippen molar-refractivity contribution in [1.29, 1.82) is 5.41 Å². The van der Waals surface area contributed by atoms with Crippen LogP contribution >= 0.6 is 0 Å². The van der Waals surface area contributed by atoms with E-state index in [4.69, 9.17) is 15.9 Å². The summed E-state index contributed by atoms with van der Waals surface area (Å²) in [7, 11) is 0. The fraction of sp³-hybridized carbons (Fsp3) is 0.341. The predicted octanol–water partition coefficient (Wildman–Crippen LogP) is 3.26. The van der Waals surface area contributed by atoms with Crippen LogP contribution in [0.4, 0.5) is 21.7 Å². The zero-order chi connectivity index (χ0) is 39.4. The number of benzene rings is 3. The fourth-order valence-corrected chi connectivity index (χ4v) is 8.40. The van der Waals surface area contributed by atoms with Gasteiger partial charge in [-0.1, -0.05) is 0 Å². The molecule has 0 radical (unpaired) electrons. The van der Waals surface area contributed by atoms with E-state index in [9.17, 15) is 23.6 Å². The van der Waals surface area contributed by atoms with Gasteiger partial charge >= 0.3 is 0 Å². The first-order valence-corrected chi connectivity index (χ1v) is 19.2. The van der Waals surface area contributed by atoms with E-state index in [0.717, 1.165) is 62.7 Å². The Labute approximate surface area is 327 Å². The predicted molar refractivity (Wildman–Crippen MR) is 208 cm³/mol. The number of hydrogen-bond acceptors (Lipinski definition) is 13. The third-order valence-electron chi connectivity index (χ3n) is 11.8. The lowest BCUT2D eigenvalue weighted by molar-refractivity contribution is -0.136. The SMILES string of the molecule is N=C(c1ccc(Oc2ccc(F)cc2)cc1)c1c(N)ncnc1NC1CCN(C2CN(C3CN(c4ccc5c(c4)C(=O)N(C4CCC(=O)NC4=O)C5=O)C3)C2)CC1. The monoisotopic (exact) mass is 772 g/mol. The number of likely N-dealkylation sites (tertiary alicyclic amines) is 2. The lowest BCUT2D eigenvalue weighted by Gasteiger charge is -2.55. The second-order valence-electron chi connectivity index (χ2n) is 15.2. The summed E-state index contributed by atoms with van der Waals surface area (Å²) >= 11 is 0. The molecule has 9 rings (SSSR count). The zero-order valence-corrected chi connectivity index (χ0v) is 31.0. The van der Waals surface area contributed by atoms with Crippen LogP contribution in [0.2, 0.25) is 0 Å². The van der Waals surface area contributed by atoms with Crippen LogP contribution in [-0.2, 0) is 9.59 Å². The summed E-state index contributed by atoms with van der Waals surface area (Å²) in [5.41, 5.74) is 9.04. The topological polar surface area (TPSA) is 190 Å². The molecule has 292 valence electrons. The number of nitrogens with one attached hydrogen (secondary N) is 3. The van der Waals surface area contributed by atoms with Crippen molar-refractivity contribution in [2.75, 3.05) is 55.2 Å². The number of anilines is 3. The van der Waals surface area contributed by atoms with E-state index in [1.807, 2.05) is 6.07 Å². The number of ether oxygens (including phenoxy) is 1. The van der Waals surface area contributed by atoms with Gasteiger partial charge in [0.1, 0.15) is 41.3 Å². The molecule has 0 spiro atoms. The maximum Gasteiger partial charge on any atom is 0.262 e. The molecule has 5 aliphatic heterocycles. The van der Waals surface area contributed by atoms with Gasteiger partial charge in [-0.2, -0.15) is 0 Å². The molecule has 4 fully saturated rings. The number of carbonyl (C=O) groups excluding carboxylic acids is 4. The summed E-state index contributed by atoms with van der Waals surface area (Å²) in [5, 5.41) is 14.8. The molecular formula is C41H41FN10O5. The van der Waals surface area contributed by atoms with Crippen LogP contribution in [0.25, 0.3) is 0 Å². The zero-order valence-electron chi connectivity index (χ0n) is 31.0. The minimum Gasteiger partial charge on any atom is -0.457 e. The van der Waals surface area contributed by atoms with Crippen LogP contribution in [0.5, 0.6) is 11.5 Å². The summed E-state index contributed by atoms with van der Waals surface area (Å²) in [6.07, 6.45) is 3.46. The number of hydrogen-bond donors (Lipinski definition) is 4. The van der Waals surface area contributed by atoms with Crippen molar-refractivity contribution in [2.24, 2.45) is 0 Å². The number of carbonyl (C=O) groups is 4. The number of imide groups is 2. The third-order valence-corrected chi connectivity index (χ3v) is 11.8. The van der Waals surface area contributed by atoms with Gasteiger partial charge in [0.25, 0.3) is 11.8 Å². The lowest BCUT2D eigenvalue weighted by Crippen LogP contribution is -2.70. The van der Waals surface area contributed by atoms with Gasteiger partial charge in [-0.15, -0.1) is 0 Å². The molecule has 15 nitrogen and oxygen atoms in total. The minimum absolute atomic E-state index is 0.0863. The average molecular weight is 773 g/mol. The van der Waals surface area contributed by atoms with Gasteiger partial charge in [0.05, 0.1) is 22.4 Å². The van der Waals surface area contributed by atoms with Gasteiger partial charge in [-0.05, 0) is 86.0 Å². The van der Waals surface area contributed by atoms with E-state index in [1.165, 1.54) is 18.5 Å². The maximum absolute atomic E-state index is 13.3. The van der Waals surface area contributed by atoms with Crippen molar-refractivity contribution in [2.45, 2.75) is 49.9 Å². The van der Waals surface area contributed by atoms with Gasteiger partial charge in [0.15, 0.2) is 0 Å². The molecular weight excluding hydrogens is 732 g/mol. The van der Waals surface area contributed by atoms with E-state index in [1.54, 1.807) is 48.5 Å². The highest BCUT2D eigenvalue weighted by molar-refractivity contribution is 6.23. The molecule has 0 saturated carbocycles. The van der Waals surface area contributed by atoms with Crippen LogP contribution < -0.4 is 26.0 Å².